The molecule has 1 aliphatic heterocycles. The Kier molecular flexibility index (Phi) is 6.53. The van der Waals surface area contributed by atoms with E-state index in [0.29, 0.717) is 30.8 Å². The van der Waals surface area contributed by atoms with Crippen LogP contribution < -0.4 is 0 Å². The van der Waals surface area contributed by atoms with Gasteiger partial charge in [-0.25, -0.2) is 0 Å². The molecule has 0 bridgehead atoms. The maximum absolute atomic E-state index is 13.7. The van der Waals surface area contributed by atoms with Crippen molar-refractivity contribution in [2.24, 2.45) is 28.6 Å². The fourth-order valence-corrected chi connectivity index (χ4v) is 9.47. The first-order valence-electron chi connectivity index (χ1n) is 15.0. The number of aliphatic hydroxyl groups excluding tert-OH is 3. The fourth-order valence-electron chi connectivity index (χ4n) is 9.47. The van der Waals surface area contributed by atoms with E-state index in [2.05, 4.69) is 6.92 Å². The van der Waals surface area contributed by atoms with Crippen LogP contribution in [0.25, 0.3) is 0 Å². The van der Waals surface area contributed by atoms with E-state index >= 15 is 0 Å². The molecule has 7 rings (SSSR count). The molecule has 0 radical (unpaired) electrons. The van der Waals surface area contributed by atoms with Crippen molar-refractivity contribution >= 4 is 11.6 Å². The zero-order valence-corrected chi connectivity index (χ0v) is 24.0. The Labute approximate surface area is 245 Å². The number of ether oxygens (including phenoxy) is 2. The van der Waals surface area contributed by atoms with Gasteiger partial charge in [0.1, 0.15) is 12.4 Å². The Bertz CT molecular complexity index is 1490. The first-order valence-corrected chi connectivity index (χ1v) is 15.0. The molecule has 222 valence electrons. The van der Waals surface area contributed by atoms with E-state index in [4.69, 9.17) is 13.9 Å². The van der Waals surface area contributed by atoms with E-state index < -0.39 is 47.3 Å². The number of carbonyl (C=O) groups is 2. The van der Waals surface area contributed by atoms with E-state index in [1.54, 1.807) is 18.2 Å². The standard InChI is InChI=1S/C34H38O8/c1-32-11-10-22(37)14-21(32)6-8-24-25-15-29-34(28(39)18-36,33(25,2)16-26(38)30(24)32)42-31(41-29)27-9-7-23(40-27)13-19-4-3-5-20(12-19)17-35/h3-5,7,9-12,14,24-26,29-31,35-36,38H,6,8,13,15-18H2,1-2H3/t24-,25-,26-,29+,30+,31+,32-,33-,34+/m0/s1. The SMILES string of the molecule is C[C@]12C=CC(=O)C=C1CC[C@@H]1[C@@H]2[C@@H](O)C[C@@]2(C)[C@H]1C[C@H]1O[C@@H](c3ccc(Cc4cccc(CO)c4)o3)O[C@]12C(=O)CO. The van der Waals surface area contributed by atoms with Crippen LogP contribution in [-0.4, -0.2) is 51.3 Å². The number of ketones is 2. The predicted molar refractivity (Wildman–Crippen MR) is 151 cm³/mol. The molecule has 9 atom stereocenters. The average molecular weight is 575 g/mol. The quantitative estimate of drug-likeness (QED) is 0.473. The van der Waals surface area contributed by atoms with Crippen molar-refractivity contribution in [2.75, 3.05) is 6.61 Å². The smallest absolute Gasteiger partial charge is 0.218 e. The van der Waals surface area contributed by atoms with Gasteiger partial charge in [0.15, 0.2) is 22.9 Å². The molecule has 5 aliphatic rings. The summed E-state index contributed by atoms with van der Waals surface area (Å²) in [4.78, 5) is 25.9. The summed E-state index contributed by atoms with van der Waals surface area (Å²) in [5.41, 5.74) is 0.291. The lowest BCUT2D eigenvalue weighted by Gasteiger charge is -2.59. The fraction of sp³-hybridized carbons (Fsp3) is 0.529. The van der Waals surface area contributed by atoms with Crippen molar-refractivity contribution < 1.29 is 38.8 Å². The van der Waals surface area contributed by atoms with Gasteiger partial charge in [-0.2, -0.15) is 0 Å². The minimum absolute atomic E-state index is 0.00781. The Morgan fingerprint density at radius 3 is 2.71 bits per heavy atom. The molecule has 8 nitrogen and oxygen atoms in total. The highest BCUT2D eigenvalue weighted by Crippen LogP contribution is 2.70. The number of carbonyl (C=O) groups excluding carboxylic acids is 2. The first kappa shape index (κ1) is 27.9. The molecule has 1 saturated heterocycles. The third-order valence-corrected chi connectivity index (χ3v) is 11.3. The van der Waals surface area contributed by atoms with Crippen LogP contribution in [0.1, 0.15) is 68.5 Å². The summed E-state index contributed by atoms with van der Waals surface area (Å²) in [6, 6.07) is 11.3. The third kappa shape index (κ3) is 3.85. The zero-order chi connectivity index (χ0) is 29.4. The second kappa shape index (κ2) is 9.82. The van der Waals surface area contributed by atoms with Crippen LogP contribution in [-0.2, 0) is 32.1 Å². The maximum Gasteiger partial charge on any atom is 0.218 e. The van der Waals surface area contributed by atoms with Crippen LogP contribution in [0.5, 0.6) is 0 Å². The van der Waals surface area contributed by atoms with Gasteiger partial charge in [0.25, 0.3) is 0 Å². The number of rotatable bonds is 6. The number of benzene rings is 1. The summed E-state index contributed by atoms with van der Waals surface area (Å²) in [5, 5.41) is 31.4. The van der Waals surface area contributed by atoms with Gasteiger partial charge in [-0.3, -0.25) is 9.59 Å². The highest BCUT2D eigenvalue weighted by Gasteiger charge is 2.76. The van der Waals surface area contributed by atoms with Crippen LogP contribution in [0.3, 0.4) is 0 Å². The number of aliphatic hydroxyl groups is 3. The Morgan fingerprint density at radius 2 is 1.93 bits per heavy atom. The van der Waals surface area contributed by atoms with Gasteiger partial charge in [0.05, 0.1) is 18.8 Å². The minimum atomic E-state index is -1.42. The molecule has 2 aromatic rings. The lowest BCUT2D eigenvalue weighted by atomic mass is 9.46. The van der Waals surface area contributed by atoms with Crippen molar-refractivity contribution in [3.8, 4) is 0 Å². The average Bonchev–Trinajstić information content (AvgIpc) is 3.65. The van der Waals surface area contributed by atoms with Crippen LogP contribution in [0.4, 0.5) is 0 Å². The maximum atomic E-state index is 13.7. The number of hydrogen-bond acceptors (Lipinski definition) is 8. The van der Waals surface area contributed by atoms with E-state index in [1.807, 2.05) is 43.3 Å². The Morgan fingerprint density at radius 1 is 1.12 bits per heavy atom. The predicted octanol–water partition coefficient (Wildman–Crippen LogP) is 3.97. The molecule has 4 aliphatic carbocycles. The molecule has 1 aromatic carbocycles. The lowest BCUT2D eigenvalue weighted by Crippen LogP contribution is -2.63. The summed E-state index contributed by atoms with van der Waals surface area (Å²) in [6.45, 7) is 3.42. The van der Waals surface area contributed by atoms with Crippen molar-refractivity contribution in [3.05, 3.63) is 82.8 Å². The van der Waals surface area contributed by atoms with Crippen LogP contribution in [0.2, 0.25) is 0 Å². The summed E-state index contributed by atoms with van der Waals surface area (Å²) in [5.74, 6) is 0.758. The van der Waals surface area contributed by atoms with Crippen molar-refractivity contribution in [2.45, 2.75) is 76.7 Å². The third-order valence-electron chi connectivity index (χ3n) is 11.3. The zero-order valence-electron chi connectivity index (χ0n) is 24.0. The van der Waals surface area contributed by atoms with Crippen molar-refractivity contribution in [3.63, 3.8) is 0 Å². The molecule has 0 spiro atoms. The Hall–Kier alpha value is -2.88. The van der Waals surface area contributed by atoms with Gasteiger partial charge in [-0.15, -0.1) is 0 Å². The number of furan rings is 1. The van der Waals surface area contributed by atoms with Crippen LogP contribution in [0.15, 0.2) is 64.6 Å². The lowest BCUT2D eigenvalue weighted by molar-refractivity contribution is -0.203. The molecular formula is C34H38O8. The monoisotopic (exact) mass is 574 g/mol. The van der Waals surface area contributed by atoms with E-state index in [9.17, 15) is 24.9 Å². The highest BCUT2D eigenvalue weighted by atomic mass is 16.8. The second-order valence-electron chi connectivity index (χ2n) is 13.3. The molecule has 3 saturated carbocycles. The van der Waals surface area contributed by atoms with Crippen LogP contribution in [0, 0.1) is 28.6 Å². The summed E-state index contributed by atoms with van der Waals surface area (Å²) in [7, 11) is 0. The first-order chi connectivity index (χ1) is 20.1. The van der Waals surface area contributed by atoms with Crippen molar-refractivity contribution in [1.82, 2.24) is 0 Å². The topological polar surface area (TPSA) is 126 Å². The molecular weight excluding hydrogens is 536 g/mol. The normalized spacial score (nSPS) is 40.2. The number of Topliss-reactive ketones (excluding diaryl/α,β-unsaturated/α-hetero) is 1. The van der Waals surface area contributed by atoms with E-state index in [0.717, 1.165) is 29.5 Å². The molecule has 0 amide bonds. The second-order valence-corrected chi connectivity index (χ2v) is 13.3. The van der Waals surface area contributed by atoms with Gasteiger partial charge in [-0.05, 0) is 72.9 Å². The largest absolute Gasteiger partial charge is 0.460 e. The van der Waals surface area contributed by atoms with Gasteiger partial charge in [-0.1, -0.05) is 49.8 Å². The van der Waals surface area contributed by atoms with Gasteiger partial charge in [0, 0.05) is 23.2 Å². The molecule has 8 heteroatoms. The van der Waals surface area contributed by atoms with Crippen LogP contribution >= 0.6 is 0 Å². The molecule has 1 aromatic heterocycles. The van der Waals surface area contributed by atoms with Gasteiger partial charge < -0.3 is 29.2 Å². The Balaban J connectivity index is 1.18. The highest BCUT2D eigenvalue weighted by molar-refractivity contribution is 6.01. The van der Waals surface area contributed by atoms with E-state index in [1.165, 1.54) is 0 Å². The number of hydrogen-bond donors (Lipinski definition) is 3. The summed E-state index contributed by atoms with van der Waals surface area (Å²) >= 11 is 0. The molecule has 4 fully saturated rings. The summed E-state index contributed by atoms with van der Waals surface area (Å²) in [6.07, 6.45) is 6.08. The van der Waals surface area contributed by atoms with Gasteiger partial charge in [0.2, 0.25) is 6.29 Å². The molecule has 42 heavy (non-hydrogen) atoms. The molecule has 2 heterocycles. The summed E-state index contributed by atoms with van der Waals surface area (Å²) < 4.78 is 19.3. The van der Waals surface area contributed by atoms with Gasteiger partial charge >= 0.3 is 0 Å². The molecule has 3 N–H and O–H groups in total. The molecule has 0 unspecified atom stereocenters. The van der Waals surface area contributed by atoms with Crippen molar-refractivity contribution in [1.29, 1.82) is 0 Å². The minimum Gasteiger partial charge on any atom is -0.460 e. The number of fused-ring (bicyclic) bond motifs is 7. The van der Waals surface area contributed by atoms with E-state index in [-0.39, 0.29) is 30.1 Å². The number of allylic oxidation sites excluding steroid dienone is 4.